The van der Waals surface area contributed by atoms with E-state index in [2.05, 4.69) is 41.2 Å². The minimum atomic E-state index is 1.09. The van der Waals surface area contributed by atoms with Crippen LogP contribution in [-0.2, 0) is 12.8 Å². The topological polar surface area (TPSA) is 28.7 Å². The third-order valence-corrected chi connectivity index (χ3v) is 3.20. The Bertz CT molecular complexity index is 432. The molecule has 0 amide bonds. The smallest absolute Gasteiger partial charge is 0.0923 e. The van der Waals surface area contributed by atoms with Gasteiger partial charge in [-0.15, -0.1) is 0 Å². The Morgan fingerprint density at radius 1 is 1.06 bits per heavy atom. The van der Waals surface area contributed by atoms with Crippen LogP contribution >= 0.6 is 0 Å². The highest BCUT2D eigenvalue weighted by molar-refractivity contribution is 5.25. The molecule has 1 N–H and O–H groups in total. The van der Waals surface area contributed by atoms with E-state index in [0.717, 1.165) is 6.42 Å². The van der Waals surface area contributed by atoms with Crippen LogP contribution in [0.25, 0.3) is 0 Å². The van der Waals surface area contributed by atoms with Crippen LogP contribution < -0.4 is 0 Å². The number of nitrogens with one attached hydrogen (secondary N) is 1. The number of aryl methyl sites for hydroxylation is 3. The van der Waals surface area contributed by atoms with Crippen molar-refractivity contribution >= 4 is 0 Å². The molecule has 1 heterocycles. The van der Waals surface area contributed by atoms with Gasteiger partial charge in [0.25, 0.3) is 0 Å². The van der Waals surface area contributed by atoms with Crippen LogP contribution in [-0.4, -0.2) is 9.97 Å². The van der Waals surface area contributed by atoms with Gasteiger partial charge >= 0.3 is 0 Å². The van der Waals surface area contributed by atoms with Gasteiger partial charge in [-0.3, -0.25) is 0 Å². The Morgan fingerprint density at radius 3 is 2.65 bits per heavy atom. The van der Waals surface area contributed by atoms with Crippen molar-refractivity contribution in [1.82, 2.24) is 9.97 Å². The molecule has 0 aliphatic heterocycles. The van der Waals surface area contributed by atoms with Crippen molar-refractivity contribution in [3.63, 3.8) is 0 Å². The molecule has 2 aromatic rings. The molecule has 0 radical (unpaired) electrons. The third-order valence-electron chi connectivity index (χ3n) is 3.20. The molecule has 0 aliphatic rings. The molecular weight excluding hydrogens is 208 g/mol. The van der Waals surface area contributed by atoms with Crippen LogP contribution in [0.15, 0.2) is 36.8 Å². The van der Waals surface area contributed by atoms with Gasteiger partial charge in [-0.2, -0.15) is 0 Å². The van der Waals surface area contributed by atoms with E-state index < -0.39 is 0 Å². The van der Waals surface area contributed by atoms with E-state index in [9.17, 15) is 0 Å². The fraction of sp³-hybridized carbons (Fsp3) is 0.400. The number of nitrogens with zero attached hydrogens (tertiary/aromatic N) is 1. The number of aromatic nitrogens is 2. The first-order valence-corrected chi connectivity index (χ1v) is 6.38. The summed E-state index contributed by atoms with van der Waals surface area (Å²) in [6, 6.07) is 8.67. The lowest BCUT2D eigenvalue weighted by Crippen LogP contribution is -1.91. The van der Waals surface area contributed by atoms with Gasteiger partial charge in [0.05, 0.1) is 12.0 Å². The van der Waals surface area contributed by atoms with Crippen molar-refractivity contribution in [2.45, 2.75) is 39.0 Å². The van der Waals surface area contributed by atoms with E-state index in [1.165, 1.54) is 42.5 Å². The summed E-state index contributed by atoms with van der Waals surface area (Å²) in [6.07, 6.45) is 9.82. The maximum absolute atomic E-state index is 4.23. The summed E-state index contributed by atoms with van der Waals surface area (Å²) in [5.41, 5.74) is 4.09. The number of unbranched alkanes of at least 4 members (excludes halogenated alkanes) is 2. The van der Waals surface area contributed by atoms with Gasteiger partial charge in [0.2, 0.25) is 0 Å². The van der Waals surface area contributed by atoms with Crippen molar-refractivity contribution in [2.75, 3.05) is 0 Å². The first-order chi connectivity index (χ1) is 8.36. The van der Waals surface area contributed by atoms with Crippen LogP contribution in [0.2, 0.25) is 0 Å². The Kier molecular flexibility index (Phi) is 4.37. The maximum Gasteiger partial charge on any atom is 0.0923 e. The molecule has 0 aliphatic carbocycles. The van der Waals surface area contributed by atoms with Crippen molar-refractivity contribution in [3.8, 4) is 0 Å². The first-order valence-electron chi connectivity index (χ1n) is 6.38. The van der Waals surface area contributed by atoms with E-state index in [0.29, 0.717) is 0 Å². The van der Waals surface area contributed by atoms with Gasteiger partial charge in [0, 0.05) is 6.20 Å². The summed E-state index contributed by atoms with van der Waals surface area (Å²) in [7, 11) is 0. The molecule has 0 bridgehead atoms. The Hall–Kier alpha value is -1.57. The predicted molar refractivity (Wildman–Crippen MR) is 71.0 cm³/mol. The summed E-state index contributed by atoms with van der Waals surface area (Å²) in [4.78, 5) is 7.22. The van der Waals surface area contributed by atoms with E-state index in [1.54, 1.807) is 6.33 Å². The second kappa shape index (κ2) is 6.24. The second-order valence-electron chi connectivity index (χ2n) is 4.55. The van der Waals surface area contributed by atoms with Gasteiger partial charge in [-0.05, 0) is 43.7 Å². The summed E-state index contributed by atoms with van der Waals surface area (Å²) in [6.45, 7) is 2.19. The van der Waals surface area contributed by atoms with Crippen LogP contribution in [0.5, 0.6) is 0 Å². The fourth-order valence-corrected chi connectivity index (χ4v) is 2.12. The fourth-order valence-electron chi connectivity index (χ4n) is 2.12. The van der Waals surface area contributed by atoms with Gasteiger partial charge in [-0.25, -0.2) is 4.98 Å². The van der Waals surface area contributed by atoms with Gasteiger partial charge in [-0.1, -0.05) is 30.7 Å². The average Bonchev–Trinajstić information content (AvgIpc) is 2.84. The normalized spacial score (nSPS) is 10.6. The minimum absolute atomic E-state index is 1.09. The van der Waals surface area contributed by atoms with E-state index in [-0.39, 0.29) is 0 Å². The highest BCUT2D eigenvalue weighted by Crippen LogP contribution is 2.12. The molecular formula is C15H20N2. The van der Waals surface area contributed by atoms with Gasteiger partial charge < -0.3 is 4.98 Å². The number of imidazole rings is 1. The van der Waals surface area contributed by atoms with E-state index in [1.807, 2.05) is 6.20 Å². The van der Waals surface area contributed by atoms with Crippen molar-refractivity contribution in [1.29, 1.82) is 0 Å². The summed E-state index contributed by atoms with van der Waals surface area (Å²) >= 11 is 0. The zero-order valence-corrected chi connectivity index (χ0v) is 10.4. The molecule has 0 unspecified atom stereocenters. The molecule has 2 heteroatoms. The summed E-state index contributed by atoms with van der Waals surface area (Å²) in [5.74, 6) is 0. The molecule has 0 saturated carbocycles. The highest BCUT2D eigenvalue weighted by Gasteiger charge is 1.98. The van der Waals surface area contributed by atoms with Crippen LogP contribution in [0.1, 0.15) is 36.1 Å². The molecule has 0 atom stereocenters. The third kappa shape index (κ3) is 3.74. The zero-order valence-electron chi connectivity index (χ0n) is 10.4. The first kappa shape index (κ1) is 11.9. The molecule has 1 aromatic carbocycles. The molecule has 2 rings (SSSR count). The molecule has 0 spiro atoms. The van der Waals surface area contributed by atoms with Crippen LogP contribution in [0.4, 0.5) is 0 Å². The standard InChI is InChI=1S/C15H20N2/c1-13-7-5-6-9-14(13)8-3-2-4-10-15-11-16-12-17-15/h5-7,9,11-12H,2-4,8,10H2,1H3,(H,16,17). The number of rotatable bonds is 6. The largest absolute Gasteiger partial charge is 0.351 e. The molecule has 17 heavy (non-hydrogen) atoms. The zero-order chi connectivity index (χ0) is 11.9. The number of H-pyrrole nitrogens is 1. The lowest BCUT2D eigenvalue weighted by atomic mass is 10.0. The SMILES string of the molecule is Cc1ccccc1CCCCCc1c[nH]cn1. The maximum atomic E-state index is 4.23. The monoisotopic (exact) mass is 228 g/mol. The van der Waals surface area contributed by atoms with Crippen molar-refractivity contribution in [2.24, 2.45) is 0 Å². The van der Waals surface area contributed by atoms with Crippen LogP contribution in [0.3, 0.4) is 0 Å². The second-order valence-corrected chi connectivity index (χ2v) is 4.55. The number of benzene rings is 1. The highest BCUT2D eigenvalue weighted by atomic mass is 14.9. The Balaban J connectivity index is 1.65. The predicted octanol–water partition coefficient (Wildman–Crippen LogP) is 3.67. The summed E-state index contributed by atoms with van der Waals surface area (Å²) < 4.78 is 0. The van der Waals surface area contributed by atoms with E-state index in [4.69, 9.17) is 0 Å². The molecule has 2 nitrogen and oxygen atoms in total. The molecule has 1 aromatic heterocycles. The molecule has 90 valence electrons. The molecule has 0 fully saturated rings. The average molecular weight is 228 g/mol. The number of aromatic amines is 1. The number of hydrogen-bond donors (Lipinski definition) is 1. The van der Waals surface area contributed by atoms with Crippen molar-refractivity contribution < 1.29 is 0 Å². The quantitative estimate of drug-likeness (QED) is 0.751. The van der Waals surface area contributed by atoms with Crippen LogP contribution in [0, 0.1) is 6.92 Å². The lowest BCUT2D eigenvalue weighted by molar-refractivity contribution is 0.671. The summed E-state index contributed by atoms with van der Waals surface area (Å²) in [5, 5.41) is 0. The molecule has 0 saturated heterocycles. The van der Waals surface area contributed by atoms with Crippen molar-refractivity contribution in [3.05, 3.63) is 53.6 Å². The number of hydrogen-bond acceptors (Lipinski definition) is 1. The van der Waals surface area contributed by atoms with Gasteiger partial charge in [0.1, 0.15) is 0 Å². The van der Waals surface area contributed by atoms with E-state index >= 15 is 0 Å². The minimum Gasteiger partial charge on any atom is -0.351 e. The Labute approximate surface area is 103 Å². The lowest BCUT2D eigenvalue weighted by Gasteiger charge is -2.04. The Morgan fingerprint density at radius 2 is 1.88 bits per heavy atom. The van der Waals surface area contributed by atoms with Gasteiger partial charge in [0.15, 0.2) is 0 Å².